The smallest absolute Gasteiger partial charge is 0.260 e. The first-order valence-electron chi connectivity index (χ1n) is 5.39. The molecule has 0 aromatic heterocycles. The van der Waals surface area contributed by atoms with Crippen molar-refractivity contribution < 1.29 is 21.9 Å². The van der Waals surface area contributed by atoms with E-state index in [2.05, 4.69) is 4.72 Å². The van der Waals surface area contributed by atoms with E-state index in [-0.39, 0.29) is 17.9 Å². The molecule has 112 valence electrons. The SMILES string of the molecule is Cc1cc(S(=O)(=O)NCCS(C)=O)cc([N+](=O)[O-])c1F. The van der Waals surface area contributed by atoms with E-state index in [1.807, 2.05) is 0 Å². The van der Waals surface area contributed by atoms with E-state index in [4.69, 9.17) is 0 Å². The molecule has 1 unspecified atom stereocenters. The highest BCUT2D eigenvalue weighted by atomic mass is 32.2. The number of benzene rings is 1. The van der Waals surface area contributed by atoms with Crippen LogP contribution < -0.4 is 4.72 Å². The topological polar surface area (TPSA) is 106 Å². The third kappa shape index (κ3) is 4.05. The van der Waals surface area contributed by atoms with Crippen molar-refractivity contribution in [2.75, 3.05) is 18.6 Å². The molecular formula is C10H13FN2O5S2. The van der Waals surface area contributed by atoms with E-state index >= 15 is 0 Å². The first-order valence-corrected chi connectivity index (χ1v) is 8.60. The van der Waals surface area contributed by atoms with Gasteiger partial charge in [-0.05, 0) is 18.6 Å². The number of nitro benzene ring substituents is 1. The molecule has 1 atom stereocenters. The molecular weight excluding hydrogens is 311 g/mol. The van der Waals surface area contributed by atoms with Crippen LogP contribution in [0.4, 0.5) is 10.1 Å². The van der Waals surface area contributed by atoms with Crippen molar-refractivity contribution in [3.8, 4) is 0 Å². The van der Waals surface area contributed by atoms with Gasteiger partial charge in [-0.3, -0.25) is 14.3 Å². The Balaban J connectivity index is 3.13. The number of nitrogens with one attached hydrogen (secondary N) is 1. The lowest BCUT2D eigenvalue weighted by Gasteiger charge is -2.07. The Bertz CT molecular complexity index is 660. The summed E-state index contributed by atoms with van der Waals surface area (Å²) in [6.07, 6.45) is 1.42. The molecule has 0 spiro atoms. The van der Waals surface area contributed by atoms with Gasteiger partial charge in [-0.25, -0.2) is 13.1 Å². The van der Waals surface area contributed by atoms with Crippen LogP contribution in [0.5, 0.6) is 0 Å². The summed E-state index contributed by atoms with van der Waals surface area (Å²) in [6.45, 7) is 1.16. The Hall–Kier alpha value is -1.39. The summed E-state index contributed by atoms with van der Waals surface area (Å²) >= 11 is 0. The zero-order valence-corrected chi connectivity index (χ0v) is 12.4. The molecule has 1 aromatic carbocycles. The highest BCUT2D eigenvalue weighted by molar-refractivity contribution is 7.89. The van der Waals surface area contributed by atoms with Crippen molar-refractivity contribution >= 4 is 26.5 Å². The molecule has 0 radical (unpaired) electrons. The van der Waals surface area contributed by atoms with Crippen LogP contribution >= 0.6 is 0 Å². The molecule has 1 aromatic rings. The predicted molar refractivity (Wildman–Crippen MR) is 71.9 cm³/mol. The Morgan fingerprint density at radius 2 is 2.05 bits per heavy atom. The maximum atomic E-state index is 13.5. The van der Waals surface area contributed by atoms with Gasteiger partial charge >= 0.3 is 5.69 Å². The van der Waals surface area contributed by atoms with Gasteiger partial charge in [0.05, 0.1) is 9.82 Å². The molecule has 0 amide bonds. The van der Waals surface area contributed by atoms with Crippen molar-refractivity contribution in [2.24, 2.45) is 0 Å². The number of nitro groups is 1. The van der Waals surface area contributed by atoms with E-state index in [1.54, 1.807) is 0 Å². The van der Waals surface area contributed by atoms with Crippen LogP contribution in [0.1, 0.15) is 5.56 Å². The summed E-state index contributed by atoms with van der Waals surface area (Å²) in [5.74, 6) is -0.954. The van der Waals surface area contributed by atoms with Gasteiger partial charge in [-0.15, -0.1) is 0 Å². The average molecular weight is 324 g/mol. The lowest BCUT2D eigenvalue weighted by Crippen LogP contribution is -2.28. The van der Waals surface area contributed by atoms with E-state index < -0.39 is 42.1 Å². The van der Waals surface area contributed by atoms with Crippen molar-refractivity contribution in [1.82, 2.24) is 4.72 Å². The molecule has 0 aliphatic heterocycles. The van der Waals surface area contributed by atoms with Crippen LogP contribution in [0.15, 0.2) is 17.0 Å². The van der Waals surface area contributed by atoms with Gasteiger partial charge < -0.3 is 0 Å². The summed E-state index contributed by atoms with van der Waals surface area (Å²) in [6, 6.07) is 1.67. The average Bonchev–Trinajstić information content (AvgIpc) is 2.31. The van der Waals surface area contributed by atoms with Crippen LogP contribution in [0, 0.1) is 22.9 Å². The molecule has 1 rings (SSSR count). The third-order valence-corrected chi connectivity index (χ3v) is 4.62. The summed E-state index contributed by atoms with van der Waals surface area (Å²) in [5, 5.41) is 10.7. The predicted octanol–water partition coefficient (Wildman–Crippen LogP) is 0.699. The second kappa shape index (κ2) is 6.37. The number of nitrogens with zero attached hydrogens (tertiary/aromatic N) is 1. The van der Waals surface area contributed by atoms with Crippen LogP contribution in [-0.4, -0.2) is 36.1 Å². The van der Waals surface area contributed by atoms with Crippen LogP contribution in [0.3, 0.4) is 0 Å². The highest BCUT2D eigenvalue weighted by Crippen LogP contribution is 2.24. The third-order valence-electron chi connectivity index (χ3n) is 2.40. The largest absolute Gasteiger partial charge is 0.306 e. The molecule has 0 saturated heterocycles. The molecule has 0 saturated carbocycles. The van der Waals surface area contributed by atoms with E-state index in [0.29, 0.717) is 6.07 Å². The fourth-order valence-corrected chi connectivity index (χ4v) is 3.06. The summed E-state index contributed by atoms with van der Waals surface area (Å²) in [4.78, 5) is 9.28. The van der Waals surface area contributed by atoms with Crippen LogP contribution in [-0.2, 0) is 20.8 Å². The Morgan fingerprint density at radius 1 is 1.45 bits per heavy atom. The second-order valence-corrected chi connectivity index (χ2v) is 7.33. The highest BCUT2D eigenvalue weighted by Gasteiger charge is 2.23. The van der Waals surface area contributed by atoms with Gasteiger partial charge in [0.2, 0.25) is 15.8 Å². The van der Waals surface area contributed by atoms with Crippen molar-refractivity contribution in [3.63, 3.8) is 0 Å². The van der Waals surface area contributed by atoms with Crippen molar-refractivity contribution in [1.29, 1.82) is 0 Å². The minimum absolute atomic E-state index is 0.0737. The lowest BCUT2D eigenvalue weighted by atomic mass is 10.2. The summed E-state index contributed by atoms with van der Waals surface area (Å²) in [7, 11) is -5.18. The first-order chi connectivity index (χ1) is 9.15. The second-order valence-electron chi connectivity index (χ2n) is 4.01. The van der Waals surface area contributed by atoms with E-state index in [1.165, 1.54) is 13.2 Å². The molecule has 0 aliphatic rings. The summed E-state index contributed by atoms with van der Waals surface area (Å²) < 4.78 is 50.3. The molecule has 1 N–H and O–H groups in total. The van der Waals surface area contributed by atoms with Crippen molar-refractivity contribution in [2.45, 2.75) is 11.8 Å². The van der Waals surface area contributed by atoms with Gasteiger partial charge in [-0.2, -0.15) is 4.39 Å². The van der Waals surface area contributed by atoms with Crippen LogP contribution in [0.25, 0.3) is 0 Å². The molecule has 0 fully saturated rings. The molecule has 7 nitrogen and oxygen atoms in total. The number of hydrogen-bond acceptors (Lipinski definition) is 5. The summed E-state index contributed by atoms with van der Waals surface area (Å²) in [5.41, 5.74) is -1.04. The minimum Gasteiger partial charge on any atom is -0.260 e. The number of sulfonamides is 1. The quantitative estimate of drug-likeness (QED) is 0.612. The molecule has 0 aliphatic carbocycles. The van der Waals surface area contributed by atoms with E-state index in [9.17, 15) is 27.1 Å². The van der Waals surface area contributed by atoms with Crippen LogP contribution in [0.2, 0.25) is 0 Å². The van der Waals surface area contributed by atoms with Gasteiger partial charge in [0, 0.05) is 35.4 Å². The number of halogens is 1. The molecule has 0 heterocycles. The number of hydrogen-bond donors (Lipinski definition) is 1. The molecule has 0 bridgehead atoms. The van der Waals surface area contributed by atoms with E-state index in [0.717, 1.165) is 6.07 Å². The minimum atomic E-state index is -4.01. The Morgan fingerprint density at radius 3 is 2.55 bits per heavy atom. The maximum Gasteiger partial charge on any atom is 0.306 e. The lowest BCUT2D eigenvalue weighted by molar-refractivity contribution is -0.387. The Kier molecular flexibility index (Phi) is 5.31. The standard InChI is InChI=1S/C10H13FN2O5S2/c1-7-5-8(6-9(10(7)11)13(14)15)20(17,18)12-3-4-19(2)16/h5-6,12H,3-4H2,1-2H3. The fourth-order valence-electron chi connectivity index (χ4n) is 1.41. The van der Waals surface area contributed by atoms with Gasteiger partial charge in [-0.1, -0.05) is 0 Å². The maximum absolute atomic E-state index is 13.5. The van der Waals surface area contributed by atoms with Crippen molar-refractivity contribution in [3.05, 3.63) is 33.6 Å². The monoisotopic (exact) mass is 324 g/mol. The zero-order chi connectivity index (χ0) is 15.5. The first kappa shape index (κ1) is 16.7. The van der Waals surface area contributed by atoms with Gasteiger partial charge in [0.15, 0.2) is 0 Å². The Labute approximate surface area is 117 Å². The molecule has 20 heavy (non-hydrogen) atoms. The number of rotatable bonds is 6. The zero-order valence-electron chi connectivity index (χ0n) is 10.8. The normalized spacial score (nSPS) is 13.2. The molecule has 10 heteroatoms. The number of aryl methyl sites for hydroxylation is 1. The van der Waals surface area contributed by atoms with Gasteiger partial charge in [0.1, 0.15) is 0 Å². The van der Waals surface area contributed by atoms with Gasteiger partial charge in [0.25, 0.3) is 0 Å². The fraction of sp³-hybridized carbons (Fsp3) is 0.400.